The maximum Gasteiger partial charge on any atom is 0.255 e. The van der Waals surface area contributed by atoms with E-state index in [9.17, 15) is 14.0 Å². The van der Waals surface area contributed by atoms with Gasteiger partial charge < -0.3 is 15.4 Å². The molecule has 172 valence electrons. The average Bonchev–Trinajstić information content (AvgIpc) is 3.15. The molecule has 0 fully saturated rings. The van der Waals surface area contributed by atoms with E-state index in [4.69, 9.17) is 4.74 Å². The summed E-state index contributed by atoms with van der Waals surface area (Å²) in [6.45, 7) is 3.23. The van der Waals surface area contributed by atoms with Crippen LogP contribution in [-0.4, -0.2) is 28.7 Å². The lowest BCUT2D eigenvalue weighted by atomic mass is 10.1. The summed E-state index contributed by atoms with van der Waals surface area (Å²) in [5.41, 5.74) is 3.84. The predicted octanol–water partition coefficient (Wildman–Crippen LogP) is 5.21. The van der Waals surface area contributed by atoms with Crippen molar-refractivity contribution in [2.45, 2.75) is 13.8 Å². The topological polar surface area (TPSA) is 85.2 Å². The van der Waals surface area contributed by atoms with Crippen molar-refractivity contribution in [1.29, 1.82) is 0 Å². The third-order valence-corrected chi connectivity index (χ3v) is 5.21. The van der Waals surface area contributed by atoms with Crippen LogP contribution in [0.3, 0.4) is 0 Å². The molecule has 3 aromatic carbocycles. The van der Waals surface area contributed by atoms with Gasteiger partial charge in [-0.3, -0.25) is 9.59 Å². The molecule has 4 aromatic rings. The van der Waals surface area contributed by atoms with E-state index in [0.29, 0.717) is 39.8 Å². The minimum absolute atomic E-state index is 0.262. The van der Waals surface area contributed by atoms with Crippen molar-refractivity contribution in [3.05, 3.63) is 89.9 Å². The highest BCUT2D eigenvalue weighted by Gasteiger charge is 2.19. The normalized spacial score (nSPS) is 10.6. The van der Waals surface area contributed by atoms with Crippen molar-refractivity contribution in [1.82, 2.24) is 9.78 Å². The number of methoxy groups -OCH3 is 1. The fourth-order valence-corrected chi connectivity index (χ4v) is 3.59. The van der Waals surface area contributed by atoms with E-state index in [1.807, 2.05) is 6.92 Å². The Morgan fingerprint density at radius 3 is 2.15 bits per heavy atom. The van der Waals surface area contributed by atoms with Gasteiger partial charge >= 0.3 is 0 Å². The molecule has 0 aliphatic rings. The number of carbonyl (C=O) groups is 2. The molecule has 2 amide bonds. The number of nitrogens with one attached hydrogen (secondary N) is 2. The number of ether oxygens (including phenoxy) is 1. The second-order valence-electron chi connectivity index (χ2n) is 7.64. The Morgan fingerprint density at radius 2 is 1.56 bits per heavy atom. The van der Waals surface area contributed by atoms with E-state index in [-0.39, 0.29) is 17.6 Å². The van der Waals surface area contributed by atoms with Crippen molar-refractivity contribution >= 4 is 23.3 Å². The van der Waals surface area contributed by atoms with E-state index in [1.165, 1.54) is 19.1 Å². The van der Waals surface area contributed by atoms with Crippen LogP contribution < -0.4 is 15.4 Å². The van der Waals surface area contributed by atoms with Gasteiger partial charge in [0.15, 0.2) is 0 Å². The molecular weight excluding hydrogens is 435 g/mol. The summed E-state index contributed by atoms with van der Waals surface area (Å²) in [7, 11) is 1.58. The Bertz CT molecular complexity index is 1330. The van der Waals surface area contributed by atoms with Gasteiger partial charge in [-0.05, 0) is 73.2 Å². The molecular formula is C26H23FN4O3. The fraction of sp³-hybridized carbons (Fsp3) is 0.115. The standard InChI is InChI=1S/C26H23FN4O3/c1-16-24(18-4-8-20(27)9-5-18)25(28-17(2)32)31(30-16)22-12-6-19(7-13-22)26(33)29-21-10-14-23(34-3)15-11-21/h4-15H,1-3H3,(H,28,32)(H,29,33). The Labute approximate surface area is 196 Å². The van der Waals surface area contributed by atoms with Gasteiger partial charge in [0.1, 0.15) is 17.4 Å². The van der Waals surface area contributed by atoms with E-state index < -0.39 is 0 Å². The largest absolute Gasteiger partial charge is 0.497 e. The number of rotatable bonds is 6. The molecule has 0 saturated carbocycles. The van der Waals surface area contributed by atoms with Crippen LogP contribution in [0.2, 0.25) is 0 Å². The lowest BCUT2D eigenvalue weighted by molar-refractivity contribution is -0.114. The number of benzene rings is 3. The molecule has 0 unspecified atom stereocenters. The summed E-state index contributed by atoms with van der Waals surface area (Å²) < 4.78 is 20.2. The fourth-order valence-electron chi connectivity index (χ4n) is 3.59. The summed E-state index contributed by atoms with van der Waals surface area (Å²) in [6.07, 6.45) is 0. The van der Waals surface area contributed by atoms with Gasteiger partial charge in [-0.25, -0.2) is 9.07 Å². The number of hydrogen-bond donors (Lipinski definition) is 2. The van der Waals surface area contributed by atoms with Crippen LogP contribution in [0.15, 0.2) is 72.8 Å². The lowest BCUT2D eigenvalue weighted by Crippen LogP contribution is -2.13. The van der Waals surface area contributed by atoms with Crippen LogP contribution in [-0.2, 0) is 4.79 Å². The Hall–Kier alpha value is -4.46. The zero-order chi connectivity index (χ0) is 24.2. The molecule has 1 heterocycles. The number of aryl methyl sites for hydroxylation is 1. The highest BCUT2D eigenvalue weighted by Crippen LogP contribution is 2.33. The van der Waals surface area contributed by atoms with Crippen LogP contribution in [0.25, 0.3) is 16.8 Å². The van der Waals surface area contributed by atoms with Gasteiger partial charge in [0.05, 0.1) is 18.5 Å². The van der Waals surface area contributed by atoms with Crippen LogP contribution in [0.1, 0.15) is 23.0 Å². The van der Waals surface area contributed by atoms with Crippen molar-refractivity contribution in [3.8, 4) is 22.6 Å². The molecule has 0 radical (unpaired) electrons. The van der Waals surface area contributed by atoms with Gasteiger partial charge in [-0.2, -0.15) is 5.10 Å². The van der Waals surface area contributed by atoms with Crippen molar-refractivity contribution < 1.29 is 18.7 Å². The summed E-state index contributed by atoms with van der Waals surface area (Å²) in [5.74, 6) is 0.291. The van der Waals surface area contributed by atoms with Crippen molar-refractivity contribution in [2.24, 2.45) is 0 Å². The minimum Gasteiger partial charge on any atom is -0.497 e. The van der Waals surface area contributed by atoms with Gasteiger partial charge in [-0.15, -0.1) is 0 Å². The zero-order valence-electron chi connectivity index (χ0n) is 18.9. The summed E-state index contributed by atoms with van der Waals surface area (Å²) in [5, 5.41) is 10.3. The summed E-state index contributed by atoms with van der Waals surface area (Å²) in [4.78, 5) is 24.6. The molecule has 8 heteroatoms. The smallest absolute Gasteiger partial charge is 0.255 e. The zero-order valence-corrected chi connectivity index (χ0v) is 18.9. The second-order valence-corrected chi connectivity index (χ2v) is 7.64. The monoisotopic (exact) mass is 458 g/mol. The number of carbonyl (C=O) groups excluding carboxylic acids is 2. The SMILES string of the molecule is COc1ccc(NC(=O)c2ccc(-n3nc(C)c(-c4ccc(F)cc4)c3NC(C)=O)cc2)cc1. The Balaban J connectivity index is 1.63. The van der Waals surface area contributed by atoms with Gasteiger partial charge in [-0.1, -0.05) is 12.1 Å². The molecule has 0 saturated heterocycles. The van der Waals surface area contributed by atoms with Crippen LogP contribution in [0.5, 0.6) is 5.75 Å². The predicted molar refractivity (Wildman–Crippen MR) is 129 cm³/mol. The quantitative estimate of drug-likeness (QED) is 0.416. The summed E-state index contributed by atoms with van der Waals surface area (Å²) in [6, 6.07) is 19.9. The number of halogens is 1. The maximum atomic E-state index is 13.4. The van der Waals surface area contributed by atoms with Gasteiger partial charge in [0, 0.05) is 23.7 Å². The molecule has 0 spiro atoms. The van der Waals surface area contributed by atoms with Crippen molar-refractivity contribution in [2.75, 3.05) is 17.7 Å². The van der Waals surface area contributed by atoms with E-state index >= 15 is 0 Å². The van der Waals surface area contributed by atoms with E-state index in [2.05, 4.69) is 15.7 Å². The number of amides is 2. The van der Waals surface area contributed by atoms with Crippen molar-refractivity contribution in [3.63, 3.8) is 0 Å². The minimum atomic E-state index is -0.349. The maximum absolute atomic E-state index is 13.4. The molecule has 4 rings (SSSR count). The molecule has 7 nitrogen and oxygen atoms in total. The van der Waals surface area contributed by atoms with E-state index in [1.54, 1.807) is 72.5 Å². The van der Waals surface area contributed by atoms with Crippen LogP contribution >= 0.6 is 0 Å². The molecule has 2 N–H and O–H groups in total. The lowest BCUT2D eigenvalue weighted by Gasteiger charge is -2.11. The first-order valence-electron chi connectivity index (χ1n) is 10.5. The van der Waals surface area contributed by atoms with Crippen LogP contribution in [0.4, 0.5) is 15.9 Å². The third-order valence-electron chi connectivity index (χ3n) is 5.21. The second kappa shape index (κ2) is 9.58. The Kier molecular flexibility index (Phi) is 6.40. The molecule has 0 aliphatic carbocycles. The highest BCUT2D eigenvalue weighted by atomic mass is 19.1. The van der Waals surface area contributed by atoms with Crippen LogP contribution in [0, 0.1) is 12.7 Å². The first-order chi connectivity index (χ1) is 16.4. The number of anilines is 2. The summed E-state index contributed by atoms with van der Waals surface area (Å²) >= 11 is 0. The van der Waals surface area contributed by atoms with Gasteiger partial charge in [0.25, 0.3) is 5.91 Å². The van der Waals surface area contributed by atoms with Gasteiger partial charge in [0.2, 0.25) is 5.91 Å². The third kappa shape index (κ3) is 4.80. The molecule has 34 heavy (non-hydrogen) atoms. The van der Waals surface area contributed by atoms with E-state index in [0.717, 1.165) is 5.56 Å². The molecule has 0 aliphatic heterocycles. The molecule has 1 aromatic heterocycles. The first-order valence-corrected chi connectivity index (χ1v) is 10.5. The number of aromatic nitrogens is 2. The number of nitrogens with zero attached hydrogens (tertiary/aromatic N) is 2. The molecule has 0 atom stereocenters. The average molecular weight is 458 g/mol. The first kappa shape index (κ1) is 22.7. The molecule has 0 bridgehead atoms. The number of hydrogen-bond acceptors (Lipinski definition) is 4. The Morgan fingerprint density at radius 1 is 0.912 bits per heavy atom. The highest BCUT2D eigenvalue weighted by molar-refractivity contribution is 6.04.